The monoisotopic (exact) mass is 319 g/mol. The molecule has 0 aromatic heterocycles. The van der Waals surface area contributed by atoms with Crippen molar-refractivity contribution >= 4 is 5.57 Å². The number of fused-ring (bicyclic) bond motifs is 10. The third kappa shape index (κ3) is 1.40. The molecule has 1 nitrogen and oxygen atoms in total. The van der Waals surface area contributed by atoms with Gasteiger partial charge in [-0.15, -0.1) is 0 Å². The summed E-state index contributed by atoms with van der Waals surface area (Å²) in [4.78, 5) is 0. The molecule has 0 heterocycles. The van der Waals surface area contributed by atoms with Crippen LogP contribution in [0.25, 0.3) is 16.7 Å². The zero-order chi connectivity index (χ0) is 16.6. The Morgan fingerprint density at radius 1 is 0.600 bits per heavy atom. The molecule has 0 saturated heterocycles. The molecule has 3 aromatic rings. The fraction of sp³-hybridized carbons (Fsp3) is 0.0833. The predicted molar refractivity (Wildman–Crippen MR) is 102 cm³/mol. The molecule has 6 rings (SSSR count). The fourth-order valence-corrected chi connectivity index (χ4v) is 5.18. The maximum Gasteiger partial charge on any atom is 0.0723 e. The normalized spacial score (nSPS) is 20.6. The van der Waals surface area contributed by atoms with E-state index in [1.807, 2.05) is 0 Å². The maximum atomic E-state index is 6.32. The third-order valence-corrected chi connectivity index (χ3v) is 5.99. The molecule has 3 aliphatic carbocycles. The molecule has 0 amide bonds. The standard InChI is InChI=1S/C24H17N/c25-15-13-19-18-9-3-6-12-22(18)24(23(19)14-15)20-10-4-1-7-16(20)17-8-2-5-11-21(17)24/h1-15H,25H2. The second-order valence-electron chi connectivity index (χ2n) is 7.12. The van der Waals surface area contributed by atoms with E-state index in [1.54, 1.807) is 0 Å². The summed E-state index contributed by atoms with van der Waals surface area (Å²) in [7, 11) is 0. The largest absolute Gasteiger partial charge is 0.321 e. The highest BCUT2D eigenvalue weighted by molar-refractivity contribution is 6.01. The van der Waals surface area contributed by atoms with Crippen LogP contribution in [0.15, 0.2) is 90.5 Å². The molecule has 25 heavy (non-hydrogen) atoms. The highest BCUT2D eigenvalue weighted by Crippen LogP contribution is 2.64. The summed E-state index contributed by atoms with van der Waals surface area (Å²) >= 11 is 0. The fourth-order valence-electron chi connectivity index (χ4n) is 5.18. The number of hydrogen-bond acceptors (Lipinski definition) is 1. The highest BCUT2D eigenvalue weighted by Gasteiger charge is 2.54. The van der Waals surface area contributed by atoms with Crippen molar-refractivity contribution in [3.63, 3.8) is 0 Å². The van der Waals surface area contributed by atoms with Gasteiger partial charge in [-0.3, -0.25) is 0 Å². The van der Waals surface area contributed by atoms with Crippen molar-refractivity contribution in [3.8, 4) is 11.1 Å². The van der Waals surface area contributed by atoms with Crippen LogP contribution in [0.1, 0.15) is 22.3 Å². The van der Waals surface area contributed by atoms with Crippen molar-refractivity contribution in [3.05, 3.63) is 113 Å². The van der Waals surface area contributed by atoms with Gasteiger partial charge in [0.05, 0.1) is 5.41 Å². The van der Waals surface area contributed by atoms with Gasteiger partial charge in [-0.1, -0.05) is 84.9 Å². The van der Waals surface area contributed by atoms with E-state index >= 15 is 0 Å². The Labute approximate surface area is 147 Å². The van der Waals surface area contributed by atoms with Crippen molar-refractivity contribution in [1.29, 1.82) is 0 Å². The zero-order valence-corrected chi connectivity index (χ0v) is 13.7. The van der Waals surface area contributed by atoms with Gasteiger partial charge in [0.2, 0.25) is 0 Å². The van der Waals surface area contributed by atoms with Crippen molar-refractivity contribution in [1.82, 2.24) is 0 Å². The predicted octanol–water partition coefficient (Wildman–Crippen LogP) is 4.67. The molecule has 0 saturated carbocycles. The van der Waals surface area contributed by atoms with Crippen molar-refractivity contribution in [2.45, 2.75) is 11.5 Å². The molecule has 0 radical (unpaired) electrons. The smallest absolute Gasteiger partial charge is 0.0723 e. The second kappa shape index (κ2) is 4.38. The summed E-state index contributed by atoms with van der Waals surface area (Å²) in [5.74, 6) is 0. The van der Waals surface area contributed by atoms with Crippen LogP contribution in [-0.2, 0) is 5.41 Å². The van der Waals surface area contributed by atoms with Crippen LogP contribution in [0.4, 0.5) is 0 Å². The summed E-state index contributed by atoms with van der Waals surface area (Å²) in [5.41, 5.74) is 16.9. The molecule has 3 aromatic carbocycles. The molecule has 0 aliphatic heterocycles. The van der Waals surface area contributed by atoms with E-state index in [2.05, 4.69) is 84.9 Å². The van der Waals surface area contributed by atoms with E-state index in [0.717, 1.165) is 0 Å². The summed E-state index contributed by atoms with van der Waals surface area (Å²) in [6, 6.07) is 26.5. The van der Waals surface area contributed by atoms with Gasteiger partial charge < -0.3 is 5.73 Å². The van der Waals surface area contributed by atoms with E-state index in [-0.39, 0.29) is 11.5 Å². The van der Waals surface area contributed by atoms with Crippen LogP contribution >= 0.6 is 0 Å². The number of allylic oxidation sites excluding steroid dienone is 2. The molecule has 1 spiro atoms. The van der Waals surface area contributed by atoms with Gasteiger partial charge in [0.25, 0.3) is 0 Å². The quantitative estimate of drug-likeness (QED) is 0.640. The van der Waals surface area contributed by atoms with E-state index in [9.17, 15) is 0 Å². The van der Waals surface area contributed by atoms with Gasteiger partial charge in [-0.2, -0.15) is 0 Å². The number of benzene rings is 3. The van der Waals surface area contributed by atoms with Gasteiger partial charge in [0, 0.05) is 6.04 Å². The summed E-state index contributed by atoms with van der Waals surface area (Å²) in [5, 5.41) is 0. The summed E-state index contributed by atoms with van der Waals surface area (Å²) in [6.45, 7) is 0. The molecule has 1 unspecified atom stereocenters. The van der Waals surface area contributed by atoms with E-state index in [0.29, 0.717) is 0 Å². The molecule has 1 atom stereocenters. The summed E-state index contributed by atoms with van der Waals surface area (Å²) < 4.78 is 0. The Hall–Kier alpha value is -2.90. The van der Waals surface area contributed by atoms with Crippen molar-refractivity contribution in [2.75, 3.05) is 0 Å². The first-order valence-electron chi connectivity index (χ1n) is 8.81. The molecule has 3 aliphatic rings. The van der Waals surface area contributed by atoms with Gasteiger partial charge in [-0.25, -0.2) is 0 Å². The SMILES string of the molecule is NC1C=C2C(=C1)C1(c3ccccc32)c2ccccc2-c2ccccc21. The Kier molecular flexibility index (Phi) is 2.35. The minimum absolute atomic E-state index is 0.00449. The van der Waals surface area contributed by atoms with E-state index in [1.165, 1.54) is 44.5 Å². The van der Waals surface area contributed by atoms with Gasteiger partial charge in [0.15, 0.2) is 0 Å². The van der Waals surface area contributed by atoms with Crippen LogP contribution in [0.3, 0.4) is 0 Å². The molecule has 118 valence electrons. The van der Waals surface area contributed by atoms with Crippen LogP contribution < -0.4 is 5.73 Å². The van der Waals surface area contributed by atoms with Crippen molar-refractivity contribution < 1.29 is 0 Å². The Morgan fingerprint density at radius 2 is 1.08 bits per heavy atom. The van der Waals surface area contributed by atoms with Gasteiger partial charge in [-0.05, 0) is 44.5 Å². The Balaban J connectivity index is 1.85. The zero-order valence-electron chi connectivity index (χ0n) is 13.7. The first-order chi connectivity index (χ1) is 12.3. The van der Waals surface area contributed by atoms with Crippen LogP contribution in [0, 0.1) is 0 Å². The average molecular weight is 319 g/mol. The second-order valence-corrected chi connectivity index (χ2v) is 7.12. The lowest BCUT2D eigenvalue weighted by molar-refractivity contribution is 0.790. The number of hydrogen-bond donors (Lipinski definition) is 1. The molecule has 2 N–H and O–H groups in total. The van der Waals surface area contributed by atoms with Gasteiger partial charge >= 0.3 is 0 Å². The van der Waals surface area contributed by atoms with Gasteiger partial charge in [0.1, 0.15) is 0 Å². The van der Waals surface area contributed by atoms with E-state index in [4.69, 9.17) is 5.73 Å². The number of rotatable bonds is 0. The van der Waals surface area contributed by atoms with E-state index < -0.39 is 0 Å². The molecule has 0 bridgehead atoms. The number of nitrogens with two attached hydrogens (primary N) is 1. The lowest BCUT2D eigenvalue weighted by Gasteiger charge is -2.30. The molecular formula is C24H17N. The molecule has 0 fully saturated rings. The lowest BCUT2D eigenvalue weighted by Crippen LogP contribution is -2.26. The average Bonchev–Trinajstić information content (AvgIpc) is 3.26. The third-order valence-electron chi connectivity index (χ3n) is 5.99. The summed E-state index contributed by atoms with van der Waals surface area (Å²) in [6.07, 6.45) is 4.47. The minimum atomic E-state index is -0.219. The first kappa shape index (κ1) is 13.4. The molecule has 1 heteroatoms. The Morgan fingerprint density at radius 3 is 1.68 bits per heavy atom. The van der Waals surface area contributed by atoms with Crippen LogP contribution in [0.2, 0.25) is 0 Å². The highest BCUT2D eigenvalue weighted by atomic mass is 14.6. The topological polar surface area (TPSA) is 26.0 Å². The maximum absolute atomic E-state index is 6.32. The first-order valence-corrected chi connectivity index (χ1v) is 8.81. The molecular weight excluding hydrogens is 302 g/mol. The van der Waals surface area contributed by atoms with Crippen LogP contribution in [0.5, 0.6) is 0 Å². The van der Waals surface area contributed by atoms with Crippen LogP contribution in [-0.4, -0.2) is 6.04 Å². The minimum Gasteiger partial charge on any atom is -0.321 e. The Bertz CT molecular complexity index is 1070. The van der Waals surface area contributed by atoms with Crippen molar-refractivity contribution in [2.24, 2.45) is 5.73 Å². The lowest BCUT2D eigenvalue weighted by atomic mass is 9.70.